The van der Waals surface area contributed by atoms with Crippen molar-refractivity contribution in [2.24, 2.45) is 0 Å². The van der Waals surface area contributed by atoms with Crippen LogP contribution in [0.1, 0.15) is 0 Å². The van der Waals surface area contributed by atoms with E-state index in [0.29, 0.717) is 10.7 Å². The summed E-state index contributed by atoms with van der Waals surface area (Å²) in [6.07, 6.45) is 0. The number of benzene rings is 2. The molecule has 0 saturated carbocycles. The highest BCUT2D eigenvalue weighted by molar-refractivity contribution is 8.00. The van der Waals surface area contributed by atoms with Gasteiger partial charge in [0.05, 0.1) is 5.02 Å². The molecule has 0 spiro atoms. The van der Waals surface area contributed by atoms with Gasteiger partial charge in [0.25, 0.3) is 0 Å². The molecule has 3 nitrogen and oxygen atoms in total. The van der Waals surface area contributed by atoms with E-state index < -0.39 is 13.0 Å². The fraction of sp³-hybridized carbons (Fsp3) is 0.143. The van der Waals surface area contributed by atoms with E-state index >= 15 is 0 Å². The zero-order chi connectivity index (χ0) is 18.0. The Morgan fingerprint density at radius 2 is 1.75 bits per heavy atom. The van der Waals surface area contributed by atoms with Gasteiger partial charge in [-0.1, -0.05) is 23.2 Å². The number of hydrogen-bond acceptors (Lipinski definition) is 3. The fourth-order valence-corrected chi connectivity index (χ4v) is 3.96. The number of rotatable bonds is 5. The standard InChI is InChI=1S/C14H11Cl2F3NO2PS/c1-23(21,22-13-7-2-9(15)8-12(13)16)20-10-3-5-11(6-4-10)24-14(17,18)19/h2-8H,1H3,(H,20,21). The highest BCUT2D eigenvalue weighted by atomic mass is 35.5. The van der Waals surface area contributed by atoms with Crippen molar-refractivity contribution >= 4 is 48.2 Å². The third-order valence-corrected chi connectivity index (χ3v) is 5.07. The van der Waals surface area contributed by atoms with Crippen LogP contribution in [0.15, 0.2) is 47.4 Å². The largest absolute Gasteiger partial charge is 0.446 e. The quantitative estimate of drug-likeness (QED) is 0.424. The van der Waals surface area contributed by atoms with Crippen molar-refractivity contribution in [3.63, 3.8) is 0 Å². The van der Waals surface area contributed by atoms with Gasteiger partial charge in [-0.05, 0) is 54.2 Å². The van der Waals surface area contributed by atoms with Gasteiger partial charge in [-0.15, -0.1) is 0 Å². The van der Waals surface area contributed by atoms with Crippen LogP contribution in [0.25, 0.3) is 0 Å². The van der Waals surface area contributed by atoms with Crippen LogP contribution < -0.4 is 9.61 Å². The molecule has 0 heterocycles. The minimum absolute atomic E-state index is 0.0284. The van der Waals surface area contributed by atoms with E-state index in [4.69, 9.17) is 27.7 Å². The minimum Gasteiger partial charge on any atom is -0.427 e. The smallest absolute Gasteiger partial charge is 0.427 e. The lowest BCUT2D eigenvalue weighted by atomic mass is 10.3. The molecule has 0 saturated heterocycles. The van der Waals surface area contributed by atoms with Crippen molar-refractivity contribution in [2.75, 3.05) is 11.8 Å². The zero-order valence-electron chi connectivity index (χ0n) is 12.1. The highest BCUT2D eigenvalue weighted by Crippen LogP contribution is 2.46. The molecule has 0 bridgehead atoms. The summed E-state index contributed by atoms with van der Waals surface area (Å²) < 4.78 is 54.7. The van der Waals surface area contributed by atoms with Crippen molar-refractivity contribution < 1.29 is 22.3 Å². The molecule has 2 aromatic carbocycles. The van der Waals surface area contributed by atoms with Crippen molar-refractivity contribution in [1.29, 1.82) is 0 Å². The third-order valence-electron chi connectivity index (χ3n) is 2.59. The molecule has 130 valence electrons. The summed E-state index contributed by atoms with van der Waals surface area (Å²) in [5.74, 6) is 0.184. The summed E-state index contributed by atoms with van der Waals surface area (Å²) in [6, 6.07) is 9.78. The molecule has 2 rings (SSSR count). The van der Waals surface area contributed by atoms with Gasteiger partial charge in [0.15, 0.2) is 0 Å². The van der Waals surface area contributed by atoms with Crippen LogP contribution in [0.3, 0.4) is 0 Å². The highest BCUT2D eigenvalue weighted by Gasteiger charge is 2.29. The molecule has 1 unspecified atom stereocenters. The van der Waals surface area contributed by atoms with Crippen LogP contribution in [0.5, 0.6) is 5.75 Å². The molecule has 0 aliphatic heterocycles. The molecule has 0 aliphatic rings. The van der Waals surface area contributed by atoms with Gasteiger partial charge in [-0.2, -0.15) is 13.2 Å². The molecule has 1 atom stereocenters. The van der Waals surface area contributed by atoms with Gasteiger partial charge in [0.1, 0.15) is 5.75 Å². The topological polar surface area (TPSA) is 38.3 Å². The lowest BCUT2D eigenvalue weighted by Gasteiger charge is -2.18. The average molecular weight is 416 g/mol. The Morgan fingerprint density at radius 3 is 2.29 bits per heavy atom. The Morgan fingerprint density at radius 1 is 1.12 bits per heavy atom. The van der Waals surface area contributed by atoms with Crippen LogP contribution in [0, 0.1) is 0 Å². The average Bonchev–Trinajstić information content (AvgIpc) is 2.42. The Balaban J connectivity index is 2.07. The van der Waals surface area contributed by atoms with E-state index in [2.05, 4.69) is 5.09 Å². The molecule has 0 aliphatic carbocycles. The molecule has 24 heavy (non-hydrogen) atoms. The summed E-state index contributed by atoms with van der Waals surface area (Å²) >= 11 is 11.5. The zero-order valence-corrected chi connectivity index (χ0v) is 15.3. The first kappa shape index (κ1) is 19.3. The first-order valence-electron chi connectivity index (χ1n) is 6.40. The summed E-state index contributed by atoms with van der Waals surface area (Å²) in [4.78, 5) is 0.0284. The Labute approximate surface area is 151 Å². The van der Waals surface area contributed by atoms with Crippen molar-refractivity contribution in [3.05, 3.63) is 52.5 Å². The fourth-order valence-electron chi connectivity index (χ4n) is 1.73. The van der Waals surface area contributed by atoms with Crippen LogP contribution in [-0.2, 0) is 4.57 Å². The van der Waals surface area contributed by atoms with Gasteiger partial charge in [0, 0.05) is 22.3 Å². The Bertz CT molecular complexity index is 772. The van der Waals surface area contributed by atoms with E-state index in [9.17, 15) is 17.7 Å². The number of anilines is 1. The molecular formula is C14H11Cl2F3NO2PS. The number of halogens is 5. The van der Waals surface area contributed by atoms with E-state index in [0.717, 1.165) is 0 Å². The lowest BCUT2D eigenvalue weighted by molar-refractivity contribution is -0.0328. The van der Waals surface area contributed by atoms with Gasteiger partial charge in [-0.3, -0.25) is 4.57 Å². The van der Waals surface area contributed by atoms with E-state index in [-0.39, 0.29) is 27.4 Å². The first-order chi connectivity index (χ1) is 11.0. The number of thioether (sulfide) groups is 1. The maximum atomic E-state index is 12.5. The molecule has 0 radical (unpaired) electrons. The predicted molar refractivity (Wildman–Crippen MR) is 92.6 cm³/mol. The minimum atomic E-state index is -4.36. The molecule has 0 fully saturated rings. The number of alkyl halides is 3. The van der Waals surface area contributed by atoms with Crippen LogP contribution in [0.4, 0.5) is 18.9 Å². The van der Waals surface area contributed by atoms with E-state index in [1.165, 1.54) is 49.1 Å². The van der Waals surface area contributed by atoms with E-state index in [1.54, 1.807) is 0 Å². The second-order valence-corrected chi connectivity index (χ2v) is 8.78. The molecule has 0 aromatic heterocycles. The summed E-state index contributed by atoms with van der Waals surface area (Å²) in [7, 11) is -3.34. The van der Waals surface area contributed by atoms with Gasteiger partial charge >= 0.3 is 13.0 Å². The summed E-state index contributed by atoms with van der Waals surface area (Å²) in [6.45, 7) is 1.33. The second kappa shape index (κ2) is 7.48. The molecule has 0 amide bonds. The second-order valence-electron chi connectivity index (χ2n) is 4.70. The van der Waals surface area contributed by atoms with E-state index in [1.807, 2.05) is 0 Å². The van der Waals surface area contributed by atoms with Crippen LogP contribution in [-0.4, -0.2) is 12.2 Å². The summed E-state index contributed by atoms with van der Waals surface area (Å²) in [5, 5.41) is 3.25. The molecule has 10 heteroatoms. The Kier molecular flexibility index (Phi) is 6.02. The van der Waals surface area contributed by atoms with Crippen LogP contribution >= 0.6 is 42.5 Å². The van der Waals surface area contributed by atoms with Gasteiger partial charge < -0.3 is 9.61 Å². The van der Waals surface area contributed by atoms with Crippen molar-refractivity contribution in [2.45, 2.75) is 10.4 Å². The number of nitrogens with one attached hydrogen (secondary N) is 1. The van der Waals surface area contributed by atoms with Crippen molar-refractivity contribution in [3.8, 4) is 5.75 Å². The first-order valence-corrected chi connectivity index (χ1v) is 10.0. The summed E-state index contributed by atoms with van der Waals surface area (Å²) in [5.41, 5.74) is -4.00. The third kappa shape index (κ3) is 6.13. The SMILES string of the molecule is CP(=O)(Nc1ccc(SC(F)(F)F)cc1)Oc1ccc(Cl)cc1Cl. The van der Waals surface area contributed by atoms with Crippen molar-refractivity contribution in [1.82, 2.24) is 0 Å². The molecule has 1 N–H and O–H groups in total. The van der Waals surface area contributed by atoms with Gasteiger partial charge in [-0.25, -0.2) is 0 Å². The number of hydrogen-bond donors (Lipinski definition) is 1. The maximum Gasteiger partial charge on any atom is 0.446 e. The normalized spacial score (nSPS) is 14.1. The Hall–Kier alpha value is -1.01. The van der Waals surface area contributed by atoms with Crippen LogP contribution in [0.2, 0.25) is 10.0 Å². The monoisotopic (exact) mass is 415 g/mol. The predicted octanol–water partition coefficient (Wildman–Crippen LogP) is 6.92. The maximum absolute atomic E-state index is 12.5. The van der Waals surface area contributed by atoms with Gasteiger partial charge in [0.2, 0.25) is 0 Å². The molecule has 2 aromatic rings. The lowest BCUT2D eigenvalue weighted by Crippen LogP contribution is -2.03. The molecular weight excluding hydrogens is 405 g/mol.